The number of imidazole rings is 1. The van der Waals surface area contributed by atoms with Gasteiger partial charge in [0, 0.05) is 18.5 Å². The number of ether oxygens (including phenoxy) is 1. The van der Waals surface area contributed by atoms with Crippen LogP contribution in [0.25, 0.3) is 11.8 Å². The molecule has 0 atom stereocenters. The summed E-state index contributed by atoms with van der Waals surface area (Å²) in [6, 6.07) is 22.0. The molecule has 4 rings (SSSR count). The highest BCUT2D eigenvalue weighted by atomic mass is 19.4. The van der Waals surface area contributed by atoms with E-state index in [1.807, 2.05) is 36.4 Å². The van der Waals surface area contributed by atoms with Gasteiger partial charge < -0.3 is 14.1 Å². The van der Waals surface area contributed by atoms with Crippen LogP contribution in [0, 0.1) is 0 Å². The molecule has 3 aromatic carbocycles. The van der Waals surface area contributed by atoms with Gasteiger partial charge in [0.05, 0.1) is 25.7 Å². The van der Waals surface area contributed by atoms with Crippen LogP contribution in [0.5, 0.6) is 5.75 Å². The number of alkyl halides is 3. The van der Waals surface area contributed by atoms with Crippen LogP contribution in [0.3, 0.4) is 0 Å². The molecule has 0 aliphatic heterocycles. The highest BCUT2D eigenvalue weighted by Crippen LogP contribution is 2.25. The van der Waals surface area contributed by atoms with Crippen LogP contribution in [0.15, 0.2) is 97.6 Å². The standard InChI is InChI=1S/C30H26F3N3O4/c1-39-27-19-24(12-14-26(27)35-17-16-34-21-35)13-15-28(37)36(40-29(38)30(31,32)33)20-25-9-5-8-23(18-25)11-10-22-6-3-2-4-7-22/h2-9,12-19,21H,10-11,20H2,1H3/b15-13+. The summed E-state index contributed by atoms with van der Waals surface area (Å²) in [6.07, 6.45) is 3.56. The number of halogens is 3. The minimum absolute atomic E-state index is 0.368. The average molecular weight is 550 g/mol. The van der Waals surface area contributed by atoms with Crippen molar-refractivity contribution in [1.82, 2.24) is 14.6 Å². The summed E-state index contributed by atoms with van der Waals surface area (Å²) < 4.78 is 46.1. The number of carbonyl (C=O) groups is 2. The Morgan fingerprint density at radius 3 is 2.38 bits per heavy atom. The number of benzene rings is 3. The molecule has 0 radical (unpaired) electrons. The average Bonchev–Trinajstić information content (AvgIpc) is 3.49. The summed E-state index contributed by atoms with van der Waals surface area (Å²) in [5.41, 5.74) is 3.82. The topological polar surface area (TPSA) is 73.7 Å². The number of methoxy groups -OCH3 is 1. The Morgan fingerprint density at radius 2 is 1.68 bits per heavy atom. The molecule has 0 saturated carbocycles. The lowest BCUT2D eigenvalue weighted by Gasteiger charge is -2.21. The highest BCUT2D eigenvalue weighted by molar-refractivity contribution is 5.92. The van der Waals surface area contributed by atoms with Crippen LogP contribution in [0.1, 0.15) is 22.3 Å². The van der Waals surface area contributed by atoms with Crippen molar-refractivity contribution in [2.75, 3.05) is 7.11 Å². The third-order valence-electron chi connectivity index (χ3n) is 5.94. The summed E-state index contributed by atoms with van der Waals surface area (Å²) in [4.78, 5) is 33.0. The quantitative estimate of drug-likeness (QED) is 0.197. The highest BCUT2D eigenvalue weighted by Gasteiger charge is 2.43. The van der Waals surface area contributed by atoms with Gasteiger partial charge in [0.2, 0.25) is 0 Å². The fourth-order valence-electron chi connectivity index (χ4n) is 3.95. The van der Waals surface area contributed by atoms with Gasteiger partial charge >= 0.3 is 12.1 Å². The van der Waals surface area contributed by atoms with Gasteiger partial charge in [-0.1, -0.05) is 60.7 Å². The van der Waals surface area contributed by atoms with Crippen molar-refractivity contribution in [2.24, 2.45) is 0 Å². The Balaban J connectivity index is 1.51. The maximum Gasteiger partial charge on any atom is 0.493 e. The third kappa shape index (κ3) is 7.59. The molecule has 0 fully saturated rings. The van der Waals surface area contributed by atoms with Gasteiger partial charge in [-0.2, -0.15) is 18.2 Å². The normalized spacial score (nSPS) is 11.4. The second-order valence-electron chi connectivity index (χ2n) is 8.79. The van der Waals surface area contributed by atoms with Gasteiger partial charge in [0.15, 0.2) is 0 Å². The van der Waals surface area contributed by atoms with Gasteiger partial charge in [-0.25, -0.2) is 9.78 Å². The zero-order chi connectivity index (χ0) is 28.5. The Morgan fingerprint density at radius 1 is 0.950 bits per heavy atom. The minimum Gasteiger partial charge on any atom is -0.495 e. The first kappa shape index (κ1) is 28.2. The number of aryl methyl sites for hydroxylation is 2. The number of amides is 1. The molecule has 206 valence electrons. The van der Waals surface area contributed by atoms with Gasteiger partial charge in [-0.05, 0) is 53.3 Å². The molecule has 4 aromatic rings. The van der Waals surface area contributed by atoms with Crippen LogP contribution in [-0.2, 0) is 33.8 Å². The summed E-state index contributed by atoms with van der Waals surface area (Å²) in [5.74, 6) is -2.94. The second kappa shape index (κ2) is 12.8. The predicted octanol–water partition coefficient (Wildman–Crippen LogP) is 5.73. The molecule has 0 bridgehead atoms. The van der Waals surface area contributed by atoms with E-state index in [1.165, 1.54) is 13.2 Å². The van der Waals surface area contributed by atoms with E-state index in [0.29, 0.717) is 34.0 Å². The Labute approximate surface area is 229 Å². The summed E-state index contributed by atoms with van der Waals surface area (Å²) in [5, 5.41) is 0.403. The number of hydrogen-bond acceptors (Lipinski definition) is 5. The van der Waals surface area contributed by atoms with Crippen LogP contribution >= 0.6 is 0 Å². The van der Waals surface area contributed by atoms with E-state index in [4.69, 9.17) is 4.74 Å². The second-order valence-corrected chi connectivity index (χ2v) is 8.79. The van der Waals surface area contributed by atoms with E-state index in [-0.39, 0.29) is 6.54 Å². The molecular weight excluding hydrogens is 523 g/mol. The molecule has 0 saturated heterocycles. The van der Waals surface area contributed by atoms with Crippen LogP contribution < -0.4 is 4.74 Å². The Kier molecular flexibility index (Phi) is 9.00. The molecule has 0 aliphatic carbocycles. The number of rotatable bonds is 9. The first-order chi connectivity index (χ1) is 19.2. The van der Waals surface area contributed by atoms with Crippen molar-refractivity contribution in [3.8, 4) is 11.4 Å². The fourth-order valence-corrected chi connectivity index (χ4v) is 3.95. The van der Waals surface area contributed by atoms with Crippen molar-refractivity contribution >= 4 is 18.0 Å². The summed E-state index contributed by atoms with van der Waals surface area (Å²) >= 11 is 0. The molecule has 7 nitrogen and oxygen atoms in total. The third-order valence-corrected chi connectivity index (χ3v) is 5.94. The molecule has 40 heavy (non-hydrogen) atoms. The SMILES string of the molecule is COc1cc(/C=C/C(=O)N(Cc2cccc(CCc3ccccc3)c2)OC(=O)C(F)(F)F)ccc1-n1ccnc1. The molecule has 0 unspecified atom stereocenters. The monoisotopic (exact) mass is 549 g/mol. The van der Waals surface area contributed by atoms with Crippen LogP contribution in [0.4, 0.5) is 13.2 Å². The zero-order valence-corrected chi connectivity index (χ0v) is 21.5. The predicted molar refractivity (Wildman–Crippen MR) is 142 cm³/mol. The number of hydrogen-bond donors (Lipinski definition) is 0. The van der Waals surface area contributed by atoms with E-state index in [1.54, 1.807) is 59.7 Å². The maximum atomic E-state index is 13.0. The Bertz CT molecular complexity index is 1470. The zero-order valence-electron chi connectivity index (χ0n) is 21.5. The molecule has 0 aliphatic rings. The molecule has 10 heteroatoms. The number of nitrogens with zero attached hydrogens (tertiary/aromatic N) is 3. The van der Waals surface area contributed by atoms with Crippen molar-refractivity contribution in [3.63, 3.8) is 0 Å². The summed E-state index contributed by atoms with van der Waals surface area (Å²) in [7, 11) is 1.49. The van der Waals surface area contributed by atoms with Gasteiger partial charge in [0.1, 0.15) is 5.75 Å². The largest absolute Gasteiger partial charge is 0.495 e. The van der Waals surface area contributed by atoms with Crippen molar-refractivity contribution in [3.05, 3.63) is 120 Å². The lowest BCUT2D eigenvalue weighted by Crippen LogP contribution is -2.37. The van der Waals surface area contributed by atoms with E-state index >= 15 is 0 Å². The molecule has 1 amide bonds. The number of hydroxylamine groups is 2. The molecule has 0 spiro atoms. The molecular formula is C30H26F3N3O4. The lowest BCUT2D eigenvalue weighted by atomic mass is 10.0. The van der Waals surface area contributed by atoms with E-state index < -0.39 is 18.1 Å². The number of carbonyl (C=O) groups excluding carboxylic acids is 2. The van der Waals surface area contributed by atoms with Gasteiger partial charge in [0.25, 0.3) is 5.91 Å². The molecule has 1 heterocycles. The van der Waals surface area contributed by atoms with E-state index in [2.05, 4.69) is 9.82 Å². The van der Waals surface area contributed by atoms with Crippen molar-refractivity contribution in [2.45, 2.75) is 25.6 Å². The minimum atomic E-state index is -5.27. The van der Waals surface area contributed by atoms with Gasteiger partial charge in [-0.3, -0.25) is 4.79 Å². The first-order valence-electron chi connectivity index (χ1n) is 12.3. The maximum absolute atomic E-state index is 13.0. The van der Waals surface area contributed by atoms with Gasteiger partial charge in [-0.15, -0.1) is 0 Å². The lowest BCUT2D eigenvalue weighted by molar-refractivity contribution is -0.237. The van der Waals surface area contributed by atoms with E-state index in [0.717, 1.165) is 23.6 Å². The van der Waals surface area contributed by atoms with E-state index in [9.17, 15) is 22.8 Å². The molecule has 0 N–H and O–H groups in total. The smallest absolute Gasteiger partial charge is 0.493 e. The number of aromatic nitrogens is 2. The Hall–Kier alpha value is -4.86. The van der Waals surface area contributed by atoms with Crippen LogP contribution in [0.2, 0.25) is 0 Å². The first-order valence-corrected chi connectivity index (χ1v) is 12.3. The van der Waals surface area contributed by atoms with Crippen LogP contribution in [-0.4, -0.2) is 39.8 Å². The molecule has 1 aromatic heterocycles. The summed E-state index contributed by atoms with van der Waals surface area (Å²) in [6.45, 7) is -0.368. The van der Waals surface area contributed by atoms with Crippen molar-refractivity contribution < 1.29 is 32.3 Å². The fraction of sp³-hybridized carbons (Fsp3) is 0.167. The van der Waals surface area contributed by atoms with Crippen molar-refractivity contribution in [1.29, 1.82) is 0 Å².